The summed E-state index contributed by atoms with van der Waals surface area (Å²) >= 11 is 0. The lowest BCUT2D eigenvalue weighted by Gasteiger charge is -2.08. The van der Waals surface area contributed by atoms with Gasteiger partial charge in [-0.2, -0.15) is 0 Å². The van der Waals surface area contributed by atoms with Crippen molar-refractivity contribution in [2.75, 3.05) is 16.8 Å². The molecule has 5 N–H and O–H groups in total. The van der Waals surface area contributed by atoms with Crippen molar-refractivity contribution in [1.29, 1.82) is 0 Å². The molecule has 0 aliphatic carbocycles. The minimum atomic E-state index is 0.341. The van der Waals surface area contributed by atoms with Crippen molar-refractivity contribution in [3.8, 4) is 0 Å². The molecule has 0 fully saturated rings. The number of nitrogens with two attached hydrogens (primary N) is 2. The first-order valence-corrected chi connectivity index (χ1v) is 5.33. The summed E-state index contributed by atoms with van der Waals surface area (Å²) in [5, 5.41) is 3.16. The molecule has 2 rings (SSSR count). The lowest BCUT2D eigenvalue weighted by atomic mass is 10.2. The average Bonchev–Trinajstić information content (AvgIpc) is 2.32. The van der Waals surface area contributed by atoms with Gasteiger partial charge in [-0.1, -0.05) is 6.07 Å². The summed E-state index contributed by atoms with van der Waals surface area (Å²) in [7, 11) is 0. The standard InChI is InChI=1S/C12H15N5/c1-8-3-2-6-15-10(8)7-16-11-5-4-9(13)12(14)17-11/h2-6H,7,13H2,1H3,(H3,14,16,17). The third kappa shape index (κ3) is 2.63. The Balaban J connectivity index is 2.08. The van der Waals surface area contributed by atoms with E-state index in [9.17, 15) is 0 Å². The van der Waals surface area contributed by atoms with Gasteiger partial charge in [0.1, 0.15) is 11.6 Å². The van der Waals surface area contributed by atoms with E-state index >= 15 is 0 Å². The number of nitrogens with one attached hydrogen (secondary N) is 1. The SMILES string of the molecule is Cc1cccnc1CNc1ccc(N)c(N)n1. The van der Waals surface area contributed by atoms with Crippen LogP contribution in [0.5, 0.6) is 0 Å². The third-order valence-electron chi connectivity index (χ3n) is 2.51. The van der Waals surface area contributed by atoms with Gasteiger partial charge in [0.25, 0.3) is 0 Å². The molecular weight excluding hydrogens is 214 g/mol. The van der Waals surface area contributed by atoms with Crippen molar-refractivity contribution in [2.24, 2.45) is 0 Å². The van der Waals surface area contributed by atoms with Gasteiger partial charge >= 0.3 is 0 Å². The second-order valence-corrected chi connectivity index (χ2v) is 3.79. The number of anilines is 3. The zero-order valence-corrected chi connectivity index (χ0v) is 9.64. The van der Waals surface area contributed by atoms with Gasteiger partial charge in [0.2, 0.25) is 0 Å². The molecule has 0 amide bonds. The van der Waals surface area contributed by atoms with Crippen LogP contribution >= 0.6 is 0 Å². The smallest absolute Gasteiger partial charge is 0.149 e. The van der Waals surface area contributed by atoms with Gasteiger partial charge in [0.05, 0.1) is 17.9 Å². The summed E-state index contributed by atoms with van der Waals surface area (Å²) in [5.74, 6) is 1.04. The fraction of sp³-hybridized carbons (Fsp3) is 0.167. The Morgan fingerprint density at radius 3 is 2.76 bits per heavy atom. The van der Waals surface area contributed by atoms with Crippen LogP contribution in [-0.4, -0.2) is 9.97 Å². The van der Waals surface area contributed by atoms with E-state index in [1.165, 1.54) is 0 Å². The van der Waals surface area contributed by atoms with Gasteiger partial charge in [-0.05, 0) is 30.7 Å². The maximum absolute atomic E-state index is 5.63. The van der Waals surface area contributed by atoms with E-state index in [1.54, 1.807) is 18.3 Å². The Morgan fingerprint density at radius 1 is 1.24 bits per heavy atom. The highest BCUT2D eigenvalue weighted by Crippen LogP contribution is 2.15. The van der Waals surface area contributed by atoms with Crippen LogP contribution in [0.2, 0.25) is 0 Å². The Morgan fingerprint density at radius 2 is 2.06 bits per heavy atom. The van der Waals surface area contributed by atoms with E-state index in [-0.39, 0.29) is 0 Å². The van der Waals surface area contributed by atoms with Gasteiger partial charge in [0.15, 0.2) is 0 Å². The number of nitrogens with zero attached hydrogens (tertiary/aromatic N) is 2. The number of aryl methyl sites for hydroxylation is 1. The zero-order valence-electron chi connectivity index (χ0n) is 9.64. The predicted molar refractivity (Wildman–Crippen MR) is 69.4 cm³/mol. The maximum Gasteiger partial charge on any atom is 0.149 e. The number of aromatic nitrogens is 2. The molecule has 0 saturated heterocycles. The summed E-state index contributed by atoms with van der Waals surface area (Å²) in [6.45, 7) is 2.64. The molecule has 0 saturated carbocycles. The van der Waals surface area contributed by atoms with Crippen LogP contribution in [0.4, 0.5) is 17.3 Å². The van der Waals surface area contributed by atoms with Gasteiger partial charge in [-0.3, -0.25) is 4.98 Å². The first-order valence-electron chi connectivity index (χ1n) is 5.33. The molecule has 0 aliphatic rings. The quantitative estimate of drug-likeness (QED) is 0.743. The predicted octanol–water partition coefficient (Wildman–Crippen LogP) is 1.56. The highest BCUT2D eigenvalue weighted by molar-refractivity contribution is 5.61. The van der Waals surface area contributed by atoms with Crippen LogP contribution in [0.15, 0.2) is 30.5 Å². The lowest BCUT2D eigenvalue weighted by molar-refractivity contribution is 1.01. The molecule has 2 aromatic heterocycles. The van der Waals surface area contributed by atoms with Gasteiger partial charge in [0, 0.05) is 6.20 Å². The molecule has 0 bridgehead atoms. The summed E-state index contributed by atoms with van der Waals surface area (Å²) in [5.41, 5.74) is 13.8. The second kappa shape index (κ2) is 4.69. The topological polar surface area (TPSA) is 89.8 Å². The molecule has 0 spiro atoms. The fourth-order valence-corrected chi connectivity index (χ4v) is 1.46. The molecule has 2 heterocycles. The number of rotatable bonds is 3. The highest BCUT2D eigenvalue weighted by atomic mass is 15.0. The van der Waals surface area contributed by atoms with E-state index in [0.29, 0.717) is 23.9 Å². The lowest BCUT2D eigenvalue weighted by Crippen LogP contribution is -2.06. The van der Waals surface area contributed by atoms with Crippen LogP contribution in [0.3, 0.4) is 0 Å². The van der Waals surface area contributed by atoms with Crippen LogP contribution in [-0.2, 0) is 6.54 Å². The number of hydrogen-bond donors (Lipinski definition) is 3. The molecule has 0 aromatic carbocycles. The molecule has 0 radical (unpaired) electrons. The minimum absolute atomic E-state index is 0.341. The van der Waals surface area contributed by atoms with E-state index < -0.39 is 0 Å². The molecule has 0 atom stereocenters. The summed E-state index contributed by atoms with van der Waals surface area (Å²) < 4.78 is 0. The second-order valence-electron chi connectivity index (χ2n) is 3.79. The fourth-order valence-electron chi connectivity index (χ4n) is 1.46. The molecule has 5 heteroatoms. The first-order chi connectivity index (χ1) is 8.16. The summed E-state index contributed by atoms with van der Waals surface area (Å²) in [4.78, 5) is 8.42. The van der Waals surface area contributed by atoms with Crippen LogP contribution in [0.1, 0.15) is 11.3 Å². The van der Waals surface area contributed by atoms with E-state index in [4.69, 9.17) is 11.5 Å². The molecular formula is C12H15N5. The van der Waals surface area contributed by atoms with Crippen LogP contribution < -0.4 is 16.8 Å². The molecule has 0 aliphatic heterocycles. The molecule has 17 heavy (non-hydrogen) atoms. The summed E-state index contributed by atoms with van der Waals surface area (Å²) in [6.07, 6.45) is 1.77. The van der Waals surface area contributed by atoms with Crippen molar-refractivity contribution >= 4 is 17.3 Å². The van der Waals surface area contributed by atoms with Gasteiger partial charge in [-0.15, -0.1) is 0 Å². The molecule has 0 unspecified atom stereocenters. The Kier molecular flexibility index (Phi) is 3.09. The largest absolute Gasteiger partial charge is 0.396 e. The van der Waals surface area contributed by atoms with E-state index in [2.05, 4.69) is 15.3 Å². The van der Waals surface area contributed by atoms with Crippen molar-refractivity contribution in [3.63, 3.8) is 0 Å². The maximum atomic E-state index is 5.63. The zero-order chi connectivity index (χ0) is 12.3. The molecule has 88 valence electrons. The monoisotopic (exact) mass is 229 g/mol. The first kappa shape index (κ1) is 11.2. The molecule has 2 aromatic rings. The normalized spacial score (nSPS) is 10.2. The Hall–Kier alpha value is -2.30. The Labute approximate surface area is 99.9 Å². The Bertz CT molecular complexity index is 524. The minimum Gasteiger partial charge on any atom is -0.396 e. The van der Waals surface area contributed by atoms with E-state index in [0.717, 1.165) is 11.3 Å². The van der Waals surface area contributed by atoms with Gasteiger partial charge in [-0.25, -0.2) is 4.98 Å². The van der Waals surface area contributed by atoms with Crippen LogP contribution in [0.25, 0.3) is 0 Å². The van der Waals surface area contributed by atoms with Crippen molar-refractivity contribution in [1.82, 2.24) is 9.97 Å². The average molecular weight is 229 g/mol. The summed E-state index contributed by atoms with van der Waals surface area (Å²) in [6, 6.07) is 7.47. The van der Waals surface area contributed by atoms with Gasteiger partial charge < -0.3 is 16.8 Å². The van der Waals surface area contributed by atoms with Crippen LogP contribution in [0, 0.1) is 6.92 Å². The van der Waals surface area contributed by atoms with Crippen molar-refractivity contribution in [3.05, 3.63) is 41.7 Å². The molecule has 5 nitrogen and oxygen atoms in total. The number of hydrogen-bond acceptors (Lipinski definition) is 5. The van der Waals surface area contributed by atoms with E-state index in [1.807, 2.05) is 19.1 Å². The van der Waals surface area contributed by atoms with Crippen molar-refractivity contribution in [2.45, 2.75) is 13.5 Å². The third-order valence-corrected chi connectivity index (χ3v) is 2.51. The highest BCUT2D eigenvalue weighted by Gasteiger charge is 2.01. The number of pyridine rings is 2. The number of nitrogen functional groups attached to an aromatic ring is 2. The van der Waals surface area contributed by atoms with Crippen molar-refractivity contribution < 1.29 is 0 Å².